The van der Waals surface area contributed by atoms with Gasteiger partial charge < -0.3 is 9.73 Å². The first-order chi connectivity index (χ1) is 10.3. The van der Waals surface area contributed by atoms with Gasteiger partial charge in [-0.05, 0) is 34.0 Å². The molecule has 0 fully saturated rings. The highest BCUT2D eigenvalue weighted by Crippen LogP contribution is 2.35. The van der Waals surface area contributed by atoms with Gasteiger partial charge in [-0.25, -0.2) is 0 Å². The molecule has 1 N–H and O–H groups in total. The Balaban J connectivity index is 2.28. The first-order valence-corrected chi connectivity index (χ1v) is 7.12. The Hall–Kier alpha value is -1.76. The van der Waals surface area contributed by atoms with Gasteiger partial charge >= 0.3 is 6.18 Å². The van der Waals surface area contributed by atoms with Gasteiger partial charge in [-0.2, -0.15) is 13.2 Å². The zero-order valence-electron chi connectivity index (χ0n) is 11.4. The molecule has 22 heavy (non-hydrogen) atoms. The number of rotatable bonds is 4. The Morgan fingerprint density at radius 2 is 2.05 bits per heavy atom. The fraction of sp³-hybridized carbons (Fsp3) is 0.200. The van der Waals surface area contributed by atoms with Crippen molar-refractivity contribution in [1.82, 2.24) is 5.32 Å². The van der Waals surface area contributed by atoms with Crippen LogP contribution < -0.4 is 5.32 Å². The Bertz CT molecular complexity index is 667. The van der Waals surface area contributed by atoms with E-state index in [2.05, 4.69) is 21.2 Å². The highest BCUT2D eigenvalue weighted by molar-refractivity contribution is 9.10. The molecule has 1 radical (unpaired) electrons. The van der Waals surface area contributed by atoms with E-state index in [9.17, 15) is 18.0 Å². The minimum atomic E-state index is -4.49. The lowest BCUT2D eigenvalue weighted by molar-refractivity contribution is -0.138. The molecule has 7 heteroatoms. The van der Waals surface area contributed by atoms with Crippen LogP contribution in [0.25, 0.3) is 0 Å². The van der Waals surface area contributed by atoms with Crippen LogP contribution in [0.2, 0.25) is 0 Å². The van der Waals surface area contributed by atoms with Gasteiger partial charge in [0, 0.05) is 6.07 Å². The molecule has 0 aliphatic rings. The van der Waals surface area contributed by atoms with Crippen molar-refractivity contribution in [2.75, 3.05) is 0 Å². The monoisotopic (exact) mass is 374 g/mol. The molecule has 3 nitrogen and oxygen atoms in total. The highest BCUT2D eigenvalue weighted by Gasteiger charge is 2.35. The Kier molecular flexibility index (Phi) is 4.95. The van der Waals surface area contributed by atoms with Crippen LogP contribution in [0.3, 0.4) is 0 Å². The lowest BCUT2D eigenvalue weighted by Crippen LogP contribution is -2.29. The van der Waals surface area contributed by atoms with Gasteiger partial charge in [0.25, 0.3) is 5.91 Å². The van der Waals surface area contributed by atoms with Crippen molar-refractivity contribution in [3.63, 3.8) is 0 Å². The summed E-state index contributed by atoms with van der Waals surface area (Å²) in [6.07, 6.45) is -1.68. The Morgan fingerprint density at radius 1 is 1.36 bits per heavy atom. The van der Waals surface area contributed by atoms with Crippen LogP contribution in [-0.2, 0) is 6.18 Å². The number of nitrogens with one attached hydrogen (secondary N) is 1. The maximum Gasteiger partial charge on any atom is 0.416 e. The summed E-state index contributed by atoms with van der Waals surface area (Å²) in [6.45, 7) is 1.58. The number of benzene rings is 1. The summed E-state index contributed by atoms with van der Waals surface area (Å²) >= 11 is 3.14. The molecule has 0 spiro atoms. The normalized spacial score (nSPS) is 13.0. The second-order valence-corrected chi connectivity index (χ2v) is 5.41. The topological polar surface area (TPSA) is 42.2 Å². The molecular weight excluding hydrogens is 363 g/mol. The predicted molar refractivity (Wildman–Crippen MR) is 78.0 cm³/mol. The minimum absolute atomic E-state index is 0.0169. The Labute approximate surface area is 133 Å². The van der Waals surface area contributed by atoms with E-state index in [0.717, 1.165) is 6.07 Å². The fourth-order valence-electron chi connectivity index (χ4n) is 2.01. The number of carbonyl (C=O) groups is 1. The molecule has 1 atom stereocenters. The van der Waals surface area contributed by atoms with Crippen LogP contribution in [0.5, 0.6) is 0 Å². The van der Waals surface area contributed by atoms with E-state index in [4.69, 9.17) is 4.42 Å². The molecule has 1 aromatic heterocycles. The van der Waals surface area contributed by atoms with E-state index in [-0.39, 0.29) is 11.3 Å². The largest absolute Gasteiger partial charge is 0.458 e. The summed E-state index contributed by atoms with van der Waals surface area (Å²) in [5.41, 5.74) is -0.796. The van der Waals surface area contributed by atoms with Gasteiger partial charge in [0.2, 0.25) is 0 Å². The van der Waals surface area contributed by atoms with Gasteiger partial charge in [0.1, 0.15) is 6.26 Å². The Morgan fingerprint density at radius 3 is 2.59 bits per heavy atom. The van der Waals surface area contributed by atoms with E-state index >= 15 is 0 Å². The lowest BCUT2D eigenvalue weighted by atomic mass is 9.98. The predicted octanol–water partition coefficient (Wildman–Crippen LogP) is 4.76. The van der Waals surface area contributed by atoms with Crippen molar-refractivity contribution in [1.29, 1.82) is 0 Å². The van der Waals surface area contributed by atoms with Crippen molar-refractivity contribution in [2.45, 2.75) is 19.1 Å². The number of amides is 1. The molecule has 117 valence electrons. The number of carbonyl (C=O) groups excluding carboxylic acids is 1. The summed E-state index contributed by atoms with van der Waals surface area (Å²) < 4.78 is 44.8. The minimum Gasteiger partial charge on any atom is -0.458 e. The van der Waals surface area contributed by atoms with Gasteiger partial charge in [0.15, 0.2) is 5.76 Å². The lowest BCUT2D eigenvalue weighted by Gasteiger charge is -2.21. The second kappa shape index (κ2) is 6.56. The SMILES string of the molecule is C[CH]C(NC(=O)c1cc(Br)co1)c1ccccc1C(F)(F)F. The van der Waals surface area contributed by atoms with E-state index in [1.165, 1.54) is 36.9 Å². The average Bonchev–Trinajstić information content (AvgIpc) is 2.90. The van der Waals surface area contributed by atoms with Crippen molar-refractivity contribution in [3.05, 3.63) is 64.4 Å². The molecule has 1 amide bonds. The van der Waals surface area contributed by atoms with Crippen LogP contribution in [0.1, 0.15) is 34.6 Å². The molecule has 0 aliphatic carbocycles. The summed E-state index contributed by atoms with van der Waals surface area (Å²) in [4.78, 5) is 12.0. The first kappa shape index (κ1) is 16.6. The molecule has 0 saturated carbocycles. The maximum absolute atomic E-state index is 13.1. The zero-order valence-corrected chi connectivity index (χ0v) is 13.0. The second-order valence-electron chi connectivity index (χ2n) is 4.50. The van der Waals surface area contributed by atoms with Gasteiger partial charge in [-0.1, -0.05) is 25.1 Å². The van der Waals surface area contributed by atoms with Crippen LogP contribution in [-0.4, -0.2) is 5.91 Å². The quantitative estimate of drug-likeness (QED) is 0.838. The van der Waals surface area contributed by atoms with E-state index in [1.54, 1.807) is 6.92 Å². The van der Waals surface area contributed by atoms with Crippen molar-refractivity contribution in [3.8, 4) is 0 Å². The molecule has 1 unspecified atom stereocenters. The third kappa shape index (κ3) is 3.71. The van der Waals surface area contributed by atoms with Crippen LogP contribution in [0.4, 0.5) is 13.2 Å². The first-order valence-electron chi connectivity index (χ1n) is 6.33. The third-order valence-corrected chi connectivity index (χ3v) is 3.43. The van der Waals surface area contributed by atoms with Crippen molar-refractivity contribution < 1.29 is 22.4 Å². The number of halogens is 4. The number of hydrogen-bond donors (Lipinski definition) is 1. The average molecular weight is 375 g/mol. The van der Waals surface area contributed by atoms with Gasteiger partial charge in [-0.15, -0.1) is 0 Å². The van der Waals surface area contributed by atoms with Gasteiger partial charge in [-0.3, -0.25) is 4.79 Å². The van der Waals surface area contributed by atoms with E-state index in [1.807, 2.05) is 0 Å². The number of hydrogen-bond acceptors (Lipinski definition) is 2. The van der Waals surface area contributed by atoms with Crippen LogP contribution >= 0.6 is 15.9 Å². The van der Waals surface area contributed by atoms with E-state index < -0.39 is 23.7 Å². The molecule has 2 aromatic rings. The van der Waals surface area contributed by atoms with Crippen molar-refractivity contribution in [2.24, 2.45) is 0 Å². The molecular formula is C15H12BrF3NO2. The summed E-state index contributed by atoms with van der Waals surface area (Å²) in [7, 11) is 0. The molecule has 0 bridgehead atoms. The fourth-order valence-corrected chi connectivity index (χ4v) is 2.31. The number of alkyl halides is 3. The summed E-state index contributed by atoms with van der Waals surface area (Å²) in [5.74, 6) is -0.575. The highest BCUT2D eigenvalue weighted by atomic mass is 79.9. The molecule has 1 heterocycles. The molecule has 0 saturated heterocycles. The van der Waals surface area contributed by atoms with Crippen molar-refractivity contribution >= 4 is 21.8 Å². The zero-order chi connectivity index (χ0) is 16.3. The van der Waals surface area contributed by atoms with Crippen LogP contribution in [0, 0.1) is 6.42 Å². The molecule has 0 aliphatic heterocycles. The maximum atomic E-state index is 13.1. The van der Waals surface area contributed by atoms with E-state index in [0.29, 0.717) is 4.47 Å². The standard InChI is InChI=1S/C15H12BrF3NO2/c1-2-12(20-14(21)13-7-9(16)8-22-13)10-5-3-4-6-11(10)15(17,18)19/h2-8,12H,1H3,(H,20,21). The van der Waals surface area contributed by atoms with Gasteiger partial charge in [0.05, 0.1) is 16.1 Å². The molecule has 1 aromatic carbocycles. The number of furan rings is 1. The van der Waals surface area contributed by atoms with Crippen LogP contribution in [0.15, 0.2) is 45.5 Å². The summed E-state index contributed by atoms with van der Waals surface area (Å²) in [6, 6.07) is 5.70. The smallest absolute Gasteiger partial charge is 0.416 e. The third-order valence-electron chi connectivity index (χ3n) is 3.01. The summed E-state index contributed by atoms with van der Waals surface area (Å²) in [5, 5.41) is 2.52. The molecule has 2 rings (SSSR count).